The third kappa shape index (κ3) is 3.14. The molecule has 1 saturated carbocycles. The van der Waals surface area contributed by atoms with E-state index in [4.69, 9.17) is 14.2 Å². The van der Waals surface area contributed by atoms with Gasteiger partial charge in [-0.2, -0.15) is 0 Å². The minimum absolute atomic E-state index is 0. The third-order valence-corrected chi connectivity index (χ3v) is 5.84. The van der Waals surface area contributed by atoms with Crippen LogP contribution in [0.4, 0.5) is 5.82 Å². The average molecular weight is 404 g/mol. The van der Waals surface area contributed by atoms with E-state index >= 15 is 0 Å². The average Bonchev–Trinajstić information content (AvgIpc) is 3.45. The van der Waals surface area contributed by atoms with Crippen LogP contribution in [0.1, 0.15) is 25.4 Å². The summed E-state index contributed by atoms with van der Waals surface area (Å²) in [5.74, 6) is 2.73. The largest absolute Gasteiger partial charge is 0.497 e. The Bertz CT molecular complexity index is 1140. The van der Waals surface area contributed by atoms with Gasteiger partial charge in [-0.05, 0) is 66.8 Å². The molecule has 2 aliphatic rings. The van der Waals surface area contributed by atoms with Gasteiger partial charge in [0.25, 0.3) is 0 Å². The highest BCUT2D eigenvalue weighted by Gasteiger charge is 2.51. The summed E-state index contributed by atoms with van der Waals surface area (Å²) in [4.78, 5) is 17.6. The standard InChI is InChI=1S/C24H22N2O4.H2/c1-15-10-22(25-13-19(15)16-4-3-5-18(11-16)28-2)26-23(27)24(8-9-24)17-6-7-20-21(12-17)30-14-29-20;/h3-7,10-13H,8-9,14H2,1-2H3,(H,25,26,27);1H. The zero-order chi connectivity index (χ0) is 20.7. The third-order valence-electron chi connectivity index (χ3n) is 5.84. The molecule has 0 spiro atoms. The Morgan fingerprint density at radius 1 is 1.13 bits per heavy atom. The SMILES string of the molecule is COc1cccc(-c2cnc(NC(=O)C3(c4ccc5c(c4)OCO5)CC3)cc2C)c1.[HH]. The Hall–Kier alpha value is -3.54. The van der Waals surface area contributed by atoms with Gasteiger partial charge in [0, 0.05) is 13.2 Å². The molecule has 1 aliphatic carbocycles. The highest BCUT2D eigenvalue weighted by molar-refractivity contribution is 6.01. The summed E-state index contributed by atoms with van der Waals surface area (Å²) >= 11 is 0. The number of fused-ring (bicyclic) bond motifs is 1. The number of aromatic nitrogens is 1. The van der Waals surface area contributed by atoms with Gasteiger partial charge < -0.3 is 19.5 Å². The molecule has 6 nitrogen and oxygen atoms in total. The summed E-state index contributed by atoms with van der Waals surface area (Å²) in [5.41, 5.74) is 3.48. The van der Waals surface area contributed by atoms with E-state index in [1.807, 2.05) is 55.5 Å². The molecule has 0 unspecified atom stereocenters. The van der Waals surface area contributed by atoms with Gasteiger partial charge >= 0.3 is 0 Å². The number of benzene rings is 2. The molecule has 1 aliphatic heterocycles. The molecule has 1 N–H and O–H groups in total. The first-order valence-electron chi connectivity index (χ1n) is 9.92. The zero-order valence-electron chi connectivity index (χ0n) is 16.9. The molecule has 0 saturated heterocycles. The van der Waals surface area contributed by atoms with Crippen LogP contribution in [0.2, 0.25) is 0 Å². The molecule has 2 heterocycles. The lowest BCUT2D eigenvalue weighted by atomic mass is 9.94. The first-order valence-corrected chi connectivity index (χ1v) is 9.92. The van der Waals surface area contributed by atoms with Crippen LogP contribution in [-0.2, 0) is 10.2 Å². The Kier molecular flexibility index (Phi) is 4.35. The van der Waals surface area contributed by atoms with E-state index in [2.05, 4.69) is 10.3 Å². The van der Waals surface area contributed by atoms with Crippen molar-refractivity contribution in [2.45, 2.75) is 25.2 Å². The number of ether oxygens (including phenoxy) is 3. The van der Waals surface area contributed by atoms with Crippen LogP contribution in [0.15, 0.2) is 54.7 Å². The second-order valence-electron chi connectivity index (χ2n) is 7.72. The van der Waals surface area contributed by atoms with Crippen molar-refractivity contribution in [2.24, 2.45) is 0 Å². The molecule has 2 aromatic carbocycles. The van der Waals surface area contributed by atoms with Crippen molar-refractivity contribution in [3.05, 3.63) is 65.9 Å². The van der Waals surface area contributed by atoms with Crippen LogP contribution < -0.4 is 19.5 Å². The number of hydrogen-bond donors (Lipinski definition) is 1. The van der Waals surface area contributed by atoms with Crippen LogP contribution >= 0.6 is 0 Å². The van der Waals surface area contributed by atoms with Crippen LogP contribution in [0.3, 0.4) is 0 Å². The summed E-state index contributed by atoms with van der Waals surface area (Å²) in [6.07, 6.45) is 3.40. The number of carbonyl (C=O) groups excluding carboxylic acids is 1. The number of nitrogens with zero attached hydrogens (tertiary/aromatic N) is 1. The molecule has 1 aromatic heterocycles. The lowest BCUT2D eigenvalue weighted by molar-refractivity contribution is -0.118. The van der Waals surface area contributed by atoms with Gasteiger partial charge in [-0.15, -0.1) is 0 Å². The molecule has 1 fully saturated rings. The topological polar surface area (TPSA) is 69.7 Å². The number of hydrogen-bond acceptors (Lipinski definition) is 5. The van der Waals surface area contributed by atoms with Crippen LogP contribution in [-0.4, -0.2) is 24.8 Å². The highest BCUT2D eigenvalue weighted by Crippen LogP contribution is 2.51. The van der Waals surface area contributed by atoms with Crippen molar-refractivity contribution in [1.82, 2.24) is 4.98 Å². The maximum Gasteiger partial charge on any atom is 0.236 e. The molecule has 0 bridgehead atoms. The number of rotatable bonds is 5. The van der Waals surface area contributed by atoms with Crippen LogP contribution in [0.25, 0.3) is 11.1 Å². The smallest absolute Gasteiger partial charge is 0.236 e. The van der Waals surface area contributed by atoms with Gasteiger partial charge in [0.2, 0.25) is 12.7 Å². The molecule has 6 heteroatoms. The number of carbonyl (C=O) groups is 1. The molecular formula is C24H24N2O4. The van der Waals surface area contributed by atoms with Gasteiger partial charge in [0.1, 0.15) is 11.6 Å². The predicted molar refractivity (Wildman–Crippen MR) is 115 cm³/mol. The van der Waals surface area contributed by atoms with Crippen molar-refractivity contribution < 1.29 is 20.4 Å². The van der Waals surface area contributed by atoms with Gasteiger partial charge in [-0.1, -0.05) is 18.2 Å². The maximum atomic E-state index is 13.1. The molecule has 3 aromatic rings. The molecule has 1 amide bonds. The van der Waals surface area contributed by atoms with E-state index in [0.29, 0.717) is 11.6 Å². The van der Waals surface area contributed by atoms with Gasteiger partial charge in [-0.3, -0.25) is 4.79 Å². The lowest BCUT2D eigenvalue weighted by Gasteiger charge is -2.17. The molecule has 154 valence electrons. The Morgan fingerprint density at radius 2 is 1.97 bits per heavy atom. The Balaban J connectivity index is 0.00000231. The van der Waals surface area contributed by atoms with Gasteiger partial charge in [-0.25, -0.2) is 4.98 Å². The number of methoxy groups -OCH3 is 1. The van der Waals surface area contributed by atoms with E-state index in [-0.39, 0.29) is 14.1 Å². The minimum atomic E-state index is -0.526. The van der Waals surface area contributed by atoms with Crippen molar-refractivity contribution in [1.29, 1.82) is 0 Å². The highest BCUT2D eigenvalue weighted by atomic mass is 16.7. The normalized spacial score (nSPS) is 15.5. The zero-order valence-corrected chi connectivity index (χ0v) is 16.9. The summed E-state index contributed by atoms with van der Waals surface area (Å²) in [6.45, 7) is 2.23. The number of pyridine rings is 1. The second kappa shape index (κ2) is 7.06. The van der Waals surface area contributed by atoms with E-state index in [1.165, 1.54) is 0 Å². The van der Waals surface area contributed by atoms with Crippen molar-refractivity contribution in [3.63, 3.8) is 0 Å². The first-order chi connectivity index (χ1) is 14.6. The summed E-state index contributed by atoms with van der Waals surface area (Å²) in [5, 5.41) is 3.01. The summed E-state index contributed by atoms with van der Waals surface area (Å²) in [7, 11) is 1.65. The fourth-order valence-electron chi connectivity index (χ4n) is 3.92. The van der Waals surface area contributed by atoms with Gasteiger partial charge in [0.05, 0.1) is 12.5 Å². The summed E-state index contributed by atoms with van der Waals surface area (Å²) < 4.78 is 16.2. The Morgan fingerprint density at radius 3 is 2.73 bits per heavy atom. The Labute approximate surface area is 176 Å². The molecule has 30 heavy (non-hydrogen) atoms. The first kappa shape index (κ1) is 18.5. The quantitative estimate of drug-likeness (QED) is 0.667. The van der Waals surface area contributed by atoms with Crippen molar-refractivity contribution >= 4 is 11.7 Å². The van der Waals surface area contributed by atoms with E-state index < -0.39 is 5.41 Å². The second-order valence-corrected chi connectivity index (χ2v) is 7.72. The minimum Gasteiger partial charge on any atom is -0.497 e. The van der Waals surface area contributed by atoms with Crippen LogP contribution in [0, 0.1) is 6.92 Å². The molecule has 0 radical (unpaired) electrons. The predicted octanol–water partition coefficient (Wildman–Crippen LogP) is 4.71. The number of amides is 1. The van der Waals surface area contributed by atoms with Gasteiger partial charge in [0.15, 0.2) is 11.5 Å². The van der Waals surface area contributed by atoms with E-state index in [0.717, 1.165) is 46.6 Å². The monoisotopic (exact) mass is 404 g/mol. The van der Waals surface area contributed by atoms with E-state index in [9.17, 15) is 4.79 Å². The van der Waals surface area contributed by atoms with Crippen LogP contribution in [0.5, 0.6) is 17.2 Å². The maximum absolute atomic E-state index is 13.1. The van der Waals surface area contributed by atoms with E-state index in [1.54, 1.807) is 13.3 Å². The lowest BCUT2D eigenvalue weighted by Crippen LogP contribution is -2.28. The van der Waals surface area contributed by atoms with Crippen molar-refractivity contribution in [3.8, 4) is 28.4 Å². The fraction of sp³-hybridized carbons (Fsp3) is 0.250. The molecule has 5 rings (SSSR count). The number of aryl methyl sites for hydroxylation is 1. The molecular weight excluding hydrogens is 380 g/mol. The fourth-order valence-corrected chi connectivity index (χ4v) is 3.92. The number of anilines is 1. The number of nitrogens with one attached hydrogen (secondary N) is 1. The molecule has 0 atom stereocenters. The van der Waals surface area contributed by atoms with Crippen molar-refractivity contribution in [2.75, 3.05) is 19.2 Å². The summed E-state index contributed by atoms with van der Waals surface area (Å²) in [6, 6.07) is 15.5.